The second-order valence-corrected chi connectivity index (χ2v) is 5.99. The van der Waals surface area contributed by atoms with Crippen molar-refractivity contribution in [2.75, 3.05) is 26.2 Å². The summed E-state index contributed by atoms with van der Waals surface area (Å²) in [5, 5.41) is 0. The second-order valence-electron chi connectivity index (χ2n) is 5.99. The molecule has 24 heavy (non-hydrogen) atoms. The van der Waals surface area contributed by atoms with E-state index in [1.165, 1.54) is 18.2 Å². The zero-order valence-electron chi connectivity index (χ0n) is 13.4. The van der Waals surface area contributed by atoms with Gasteiger partial charge >= 0.3 is 0 Å². The quantitative estimate of drug-likeness (QED) is 0.862. The first kappa shape index (κ1) is 16.6. The minimum absolute atomic E-state index is 0.111. The third-order valence-electron chi connectivity index (χ3n) is 4.33. The molecule has 1 aliphatic heterocycles. The number of amides is 1. The number of carbonyl (C=O) groups excluding carboxylic acids is 1. The van der Waals surface area contributed by atoms with Crippen molar-refractivity contribution in [2.45, 2.75) is 13.0 Å². The van der Waals surface area contributed by atoms with E-state index in [9.17, 15) is 13.6 Å². The van der Waals surface area contributed by atoms with Gasteiger partial charge in [0, 0.05) is 38.3 Å². The SMILES string of the molecule is O=C(c1ccccc1F)N1CCCN(Cc2ccccc2F)CC1. The van der Waals surface area contributed by atoms with Crippen molar-refractivity contribution in [3.63, 3.8) is 0 Å². The molecule has 0 atom stereocenters. The molecule has 0 aliphatic carbocycles. The van der Waals surface area contributed by atoms with Crippen molar-refractivity contribution in [3.8, 4) is 0 Å². The van der Waals surface area contributed by atoms with Crippen LogP contribution in [0.1, 0.15) is 22.3 Å². The van der Waals surface area contributed by atoms with Crippen LogP contribution < -0.4 is 0 Å². The first-order chi connectivity index (χ1) is 11.6. The highest BCUT2D eigenvalue weighted by molar-refractivity contribution is 5.94. The Morgan fingerprint density at radius 3 is 2.33 bits per heavy atom. The number of rotatable bonds is 3. The van der Waals surface area contributed by atoms with Crippen molar-refractivity contribution >= 4 is 5.91 Å². The van der Waals surface area contributed by atoms with E-state index >= 15 is 0 Å². The van der Waals surface area contributed by atoms with Crippen LogP contribution in [0.4, 0.5) is 8.78 Å². The van der Waals surface area contributed by atoms with Gasteiger partial charge in [-0.15, -0.1) is 0 Å². The predicted molar refractivity (Wildman–Crippen MR) is 88.6 cm³/mol. The van der Waals surface area contributed by atoms with Gasteiger partial charge in [0.1, 0.15) is 11.6 Å². The Bertz CT molecular complexity index is 720. The van der Waals surface area contributed by atoms with Crippen LogP contribution in [-0.4, -0.2) is 41.9 Å². The summed E-state index contributed by atoms with van der Waals surface area (Å²) in [4.78, 5) is 16.3. The van der Waals surface area contributed by atoms with Crippen LogP contribution in [0, 0.1) is 11.6 Å². The van der Waals surface area contributed by atoms with Crippen LogP contribution in [0.15, 0.2) is 48.5 Å². The Balaban J connectivity index is 1.64. The molecule has 0 unspecified atom stereocenters. The van der Waals surface area contributed by atoms with Crippen LogP contribution >= 0.6 is 0 Å². The second kappa shape index (κ2) is 7.53. The monoisotopic (exact) mass is 330 g/mol. The summed E-state index contributed by atoms with van der Waals surface area (Å²) in [6, 6.07) is 12.8. The van der Waals surface area contributed by atoms with Gasteiger partial charge in [-0.25, -0.2) is 8.78 Å². The standard InChI is InChI=1S/C19H20F2N2O/c20-17-8-3-1-6-15(17)14-22-10-5-11-23(13-12-22)19(24)16-7-2-4-9-18(16)21/h1-4,6-9H,5,10-14H2. The first-order valence-electron chi connectivity index (χ1n) is 8.15. The Morgan fingerprint density at radius 1 is 0.875 bits per heavy atom. The van der Waals surface area contributed by atoms with Crippen molar-refractivity contribution in [1.29, 1.82) is 0 Å². The van der Waals surface area contributed by atoms with Crippen molar-refractivity contribution in [3.05, 3.63) is 71.3 Å². The molecule has 1 heterocycles. The molecule has 1 aliphatic rings. The summed E-state index contributed by atoms with van der Waals surface area (Å²) in [7, 11) is 0. The van der Waals surface area contributed by atoms with Crippen LogP contribution in [0.2, 0.25) is 0 Å². The molecular weight excluding hydrogens is 310 g/mol. The topological polar surface area (TPSA) is 23.6 Å². The molecule has 3 rings (SSSR count). The highest BCUT2D eigenvalue weighted by atomic mass is 19.1. The number of nitrogens with zero attached hydrogens (tertiary/aromatic N) is 2. The van der Waals surface area contributed by atoms with E-state index in [-0.39, 0.29) is 17.3 Å². The minimum Gasteiger partial charge on any atom is -0.337 e. The molecule has 5 heteroatoms. The number of carbonyl (C=O) groups is 1. The lowest BCUT2D eigenvalue weighted by Crippen LogP contribution is -2.35. The average Bonchev–Trinajstić information content (AvgIpc) is 2.82. The molecule has 2 aromatic carbocycles. The summed E-state index contributed by atoms with van der Waals surface area (Å²) in [5.41, 5.74) is 0.770. The van der Waals surface area contributed by atoms with Gasteiger partial charge in [0.05, 0.1) is 5.56 Å². The molecule has 1 saturated heterocycles. The highest BCUT2D eigenvalue weighted by Gasteiger charge is 2.22. The van der Waals surface area contributed by atoms with Gasteiger partial charge < -0.3 is 4.90 Å². The molecule has 1 fully saturated rings. The van der Waals surface area contributed by atoms with E-state index in [4.69, 9.17) is 0 Å². The lowest BCUT2D eigenvalue weighted by molar-refractivity contribution is 0.0756. The van der Waals surface area contributed by atoms with Gasteiger partial charge in [0.25, 0.3) is 5.91 Å². The first-order valence-corrected chi connectivity index (χ1v) is 8.15. The number of hydrogen-bond acceptors (Lipinski definition) is 2. The number of halogens is 2. The van der Waals surface area contributed by atoms with E-state index < -0.39 is 5.82 Å². The van der Waals surface area contributed by atoms with Gasteiger partial charge in [-0.05, 0) is 24.6 Å². The van der Waals surface area contributed by atoms with Crippen LogP contribution in [0.5, 0.6) is 0 Å². The summed E-state index contributed by atoms with van der Waals surface area (Å²) in [6.45, 7) is 3.06. The summed E-state index contributed by atoms with van der Waals surface area (Å²) in [6.07, 6.45) is 0.786. The van der Waals surface area contributed by atoms with Crippen molar-refractivity contribution < 1.29 is 13.6 Å². The van der Waals surface area contributed by atoms with Crippen molar-refractivity contribution in [2.24, 2.45) is 0 Å². The molecule has 126 valence electrons. The lowest BCUT2D eigenvalue weighted by Gasteiger charge is -2.22. The summed E-state index contributed by atoms with van der Waals surface area (Å²) in [5.74, 6) is -0.975. The van der Waals surface area contributed by atoms with E-state index in [0.29, 0.717) is 31.7 Å². The van der Waals surface area contributed by atoms with E-state index in [2.05, 4.69) is 4.90 Å². The Morgan fingerprint density at radius 2 is 1.58 bits per heavy atom. The van der Waals surface area contributed by atoms with Gasteiger partial charge in [-0.2, -0.15) is 0 Å². The Labute approximate surface area is 140 Å². The summed E-state index contributed by atoms with van der Waals surface area (Å²) >= 11 is 0. The largest absolute Gasteiger partial charge is 0.337 e. The fraction of sp³-hybridized carbons (Fsp3) is 0.316. The highest BCUT2D eigenvalue weighted by Crippen LogP contribution is 2.15. The van der Waals surface area contributed by atoms with Crippen molar-refractivity contribution in [1.82, 2.24) is 9.80 Å². The minimum atomic E-state index is -0.491. The number of benzene rings is 2. The molecular formula is C19H20F2N2O. The Hall–Kier alpha value is -2.27. The molecule has 2 aromatic rings. The van der Waals surface area contributed by atoms with Gasteiger partial charge in [0.15, 0.2) is 0 Å². The zero-order chi connectivity index (χ0) is 16.9. The molecule has 0 spiro atoms. The fourth-order valence-electron chi connectivity index (χ4n) is 3.00. The van der Waals surface area contributed by atoms with Gasteiger partial charge in [-0.3, -0.25) is 9.69 Å². The normalized spacial score (nSPS) is 16.0. The third kappa shape index (κ3) is 3.79. The van der Waals surface area contributed by atoms with Crippen LogP contribution in [-0.2, 0) is 6.54 Å². The van der Waals surface area contributed by atoms with Gasteiger partial charge in [0.2, 0.25) is 0 Å². The average molecular weight is 330 g/mol. The molecule has 0 aromatic heterocycles. The predicted octanol–water partition coefficient (Wildman–Crippen LogP) is 3.31. The molecule has 0 N–H and O–H groups in total. The Kier molecular flexibility index (Phi) is 5.20. The number of hydrogen-bond donors (Lipinski definition) is 0. The molecule has 0 radical (unpaired) electrons. The molecule has 3 nitrogen and oxygen atoms in total. The molecule has 0 bridgehead atoms. The lowest BCUT2D eigenvalue weighted by atomic mass is 10.2. The van der Waals surface area contributed by atoms with Gasteiger partial charge in [-0.1, -0.05) is 30.3 Å². The van der Waals surface area contributed by atoms with E-state index in [1.807, 2.05) is 6.07 Å². The molecule has 0 saturated carbocycles. The maximum Gasteiger partial charge on any atom is 0.256 e. The maximum absolute atomic E-state index is 13.8. The van der Waals surface area contributed by atoms with E-state index in [1.54, 1.807) is 29.2 Å². The summed E-state index contributed by atoms with van der Waals surface area (Å²) < 4.78 is 27.6. The van der Waals surface area contributed by atoms with Crippen LogP contribution in [0.25, 0.3) is 0 Å². The zero-order valence-corrected chi connectivity index (χ0v) is 13.4. The fourth-order valence-corrected chi connectivity index (χ4v) is 3.00. The third-order valence-corrected chi connectivity index (χ3v) is 4.33. The smallest absolute Gasteiger partial charge is 0.256 e. The maximum atomic E-state index is 13.8. The van der Waals surface area contributed by atoms with Crippen LogP contribution in [0.3, 0.4) is 0 Å². The molecule has 1 amide bonds. The van der Waals surface area contributed by atoms with E-state index in [0.717, 1.165) is 13.0 Å².